The van der Waals surface area contributed by atoms with Crippen molar-refractivity contribution in [3.05, 3.63) is 59.8 Å². The lowest BCUT2D eigenvalue weighted by molar-refractivity contribution is 0.0594. The smallest absolute Gasteiger partial charge is 0.356 e. The highest BCUT2D eigenvalue weighted by atomic mass is 16.5. The van der Waals surface area contributed by atoms with Gasteiger partial charge in [0.15, 0.2) is 5.69 Å². The third-order valence-electron chi connectivity index (χ3n) is 4.02. The molecule has 0 amide bonds. The van der Waals surface area contributed by atoms with Crippen LogP contribution in [0.2, 0.25) is 0 Å². The molecule has 0 fully saturated rings. The zero-order valence-electron chi connectivity index (χ0n) is 14.5. The summed E-state index contributed by atoms with van der Waals surface area (Å²) in [5.41, 5.74) is 3.88. The maximum Gasteiger partial charge on any atom is 0.356 e. The monoisotopic (exact) mass is 336 g/mol. The summed E-state index contributed by atoms with van der Waals surface area (Å²) in [6, 6.07) is 15.4. The fourth-order valence-electron chi connectivity index (χ4n) is 2.66. The Morgan fingerprint density at radius 3 is 2.68 bits per heavy atom. The van der Waals surface area contributed by atoms with E-state index in [2.05, 4.69) is 23.3 Å². The van der Waals surface area contributed by atoms with Gasteiger partial charge < -0.3 is 14.8 Å². The van der Waals surface area contributed by atoms with Crippen LogP contribution in [0.3, 0.4) is 0 Å². The molecule has 1 aromatic heterocycles. The summed E-state index contributed by atoms with van der Waals surface area (Å²) < 4.78 is 10.1. The molecule has 3 aromatic rings. The molecule has 0 saturated carbocycles. The van der Waals surface area contributed by atoms with Crippen LogP contribution in [0.4, 0.5) is 11.4 Å². The number of nitrogens with zero attached hydrogens (tertiary/aromatic N) is 1. The molecule has 128 valence electrons. The Kier molecular flexibility index (Phi) is 4.84. The molecule has 0 atom stereocenters. The number of nitrogens with one attached hydrogen (secondary N) is 1. The van der Waals surface area contributed by atoms with Crippen LogP contribution in [0.5, 0.6) is 5.75 Å². The molecule has 5 heteroatoms. The normalized spacial score (nSPS) is 10.5. The quantitative estimate of drug-likeness (QED) is 0.703. The standard InChI is InChI=1S/C20H20N2O3/c1-4-13-8-9-17-16(10-13)18(12-19(22-17)20(23)25-3)21-14-6-5-7-15(11-14)24-2/h5-12H,4H2,1-3H3,(H,21,22). The summed E-state index contributed by atoms with van der Waals surface area (Å²) in [5.74, 6) is 0.293. The minimum Gasteiger partial charge on any atom is -0.497 e. The number of rotatable bonds is 5. The Bertz CT molecular complexity index is 922. The van der Waals surface area contributed by atoms with Gasteiger partial charge in [-0.25, -0.2) is 9.78 Å². The third kappa shape index (κ3) is 3.55. The van der Waals surface area contributed by atoms with Gasteiger partial charge in [0.1, 0.15) is 5.75 Å². The van der Waals surface area contributed by atoms with Gasteiger partial charge in [0.2, 0.25) is 0 Å². The second kappa shape index (κ2) is 7.21. The van der Waals surface area contributed by atoms with E-state index in [-0.39, 0.29) is 5.69 Å². The Morgan fingerprint density at radius 1 is 1.12 bits per heavy atom. The summed E-state index contributed by atoms with van der Waals surface area (Å²) >= 11 is 0. The van der Waals surface area contributed by atoms with E-state index in [1.165, 1.54) is 12.7 Å². The Hall–Kier alpha value is -3.08. The number of methoxy groups -OCH3 is 2. The van der Waals surface area contributed by atoms with Crippen molar-refractivity contribution in [2.45, 2.75) is 13.3 Å². The average Bonchev–Trinajstić information content (AvgIpc) is 2.67. The van der Waals surface area contributed by atoms with Crippen LogP contribution in [0.25, 0.3) is 10.9 Å². The maximum absolute atomic E-state index is 12.0. The van der Waals surface area contributed by atoms with Gasteiger partial charge in [-0.05, 0) is 42.3 Å². The highest BCUT2D eigenvalue weighted by molar-refractivity contribution is 5.99. The van der Waals surface area contributed by atoms with Gasteiger partial charge in [-0.15, -0.1) is 0 Å². The molecule has 0 aliphatic carbocycles. The number of benzene rings is 2. The van der Waals surface area contributed by atoms with Gasteiger partial charge in [-0.2, -0.15) is 0 Å². The number of anilines is 2. The van der Waals surface area contributed by atoms with Crippen molar-refractivity contribution in [3.63, 3.8) is 0 Å². The summed E-state index contributed by atoms with van der Waals surface area (Å²) in [4.78, 5) is 16.4. The summed E-state index contributed by atoms with van der Waals surface area (Å²) in [7, 11) is 2.98. The molecule has 25 heavy (non-hydrogen) atoms. The van der Waals surface area contributed by atoms with E-state index in [1.54, 1.807) is 13.2 Å². The predicted molar refractivity (Wildman–Crippen MR) is 98.7 cm³/mol. The van der Waals surface area contributed by atoms with Gasteiger partial charge >= 0.3 is 5.97 Å². The van der Waals surface area contributed by atoms with Gasteiger partial charge in [0.25, 0.3) is 0 Å². The van der Waals surface area contributed by atoms with Crippen molar-refractivity contribution in [2.24, 2.45) is 0 Å². The number of ether oxygens (including phenoxy) is 2. The number of aromatic nitrogens is 1. The van der Waals surface area contributed by atoms with E-state index in [0.29, 0.717) is 0 Å². The van der Waals surface area contributed by atoms with Crippen LogP contribution >= 0.6 is 0 Å². The molecule has 5 nitrogen and oxygen atoms in total. The zero-order valence-corrected chi connectivity index (χ0v) is 14.5. The number of aryl methyl sites for hydroxylation is 1. The molecule has 0 unspecified atom stereocenters. The Labute approximate surface area is 146 Å². The van der Waals surface area contributed by atoms with Gasteiger partial charge in [0.05, 0.1) is 25.4 Å². The highest BCUT2D eigenvalue weighted by Crippen LogP contribution is 2.29. The molecule has 1 N–H and O–H groups in total. The van der Waals surface area contributed by atoms with E-state index in [0.717, 1.165) is 34.4 Å². The van der Waals surface area contributed by atoms with Crippen LogP contribution in [0.15, 0.2) is 48.5 Å². The number of hydrogen-bond acceptors (Lipinski definition) is 5. The predicted octanol–water partition coefficient (Wildman–Crippen LogP) is 4.34. The largest absolute Gasteiger partial charge is 0.497 e. The fraction of sp³-hybridized carbons (Fsp3) is 0.200. The molecule has 0 aliphatic rings. The molecule has 3 rings (SSSR count). The average molecular weight is 336 g/mol. The molecule has 1 heterocycles. The molecule has 0 spiro atoms. The van der Waals surface area contributed by atoms with Gasteiger partial charge in [-0.3, -0.25) is 0 Å². The fourth-order valence-corrected chi connectivity index (χ4v) is 2.66. The topological polar surface area (TPSA) is 60.5 Å². The zero-order chi connectivity index (χ0) is 17.8. The van der Waals surface area contributed by atoms with E-state index in [1.807, 2.05) is 36.4 Å². The van der Waals surface area contributed by atoms with E-state index in [9.17, 15) is 4.79 Å². The molecule has 0 radical (unpaired) electrons. The number of pyridine rings is 1. The van der Waals surface area contributed by atoms with Crippen molar-refractivity contribution in [1.82, 2.24) is 4.98 Å². The van der Waals surface area contributed by atoms with Crippen molar-refractivity contribution in [1.29, 1.82) is 0 Å². The third-order valence-corrected chi connectivity index (χ3v) is 4.02. The number of carbonyl (C=O) groups excluding carboxylic acids is 1. The number of esters is 1. The molecular weight excluding hydrogens is 316 g/mol. The van der Waals surface area contributed by atoms with Crippen LogP contribution in [-0.2, 0) is 11.2 Å². The van der Waals surface area contributed by atoms with Crippen molar-refractivity contribution >= 4 is 28.2 Å². The van der Waals surface area contributed by atoms with Crippen molar-refractivity contribution in [2.75, 3.05) is 19.5 Å². The lowest BCUT2D eigenvalue weighted by Crippen LogP contribution is -2.06. The molecule has 0 aliphatic heterocycles. The van der Waals surface area contributed by atoms with Crippen molar-refractivity contribution in [3.8, 4) is 5.75 Å². The van der Waals surface area contributed by atoms with Crippen LogP contribution in [-0.4, -0.2) is 25.2 Å². The van der Waals surface area contributed by atoms with Gasteiger partial charge in [-0.1, -0.05) is 19.1 Å². The van der Waals surface area contributed by atoms with Gasteiger partial charge in [0, 0.05) is 17.1 Å². The first-order valence-corrected chi connectivity index (χ1v) is 8.07. The molecule has 2 aromatic carbocycles. The SMILES string of the molecule is CCc1ccc2nc(C(=O)OC)cc(Nc3cccc(OC)c3)c2c1. The lowest BCUT2D eigenvalue weighted by Gasteiger charge is -2.13. The maximum atomic E-state index is 12.0. The lowest BCUT2D eigenvalue weighted by atomic mass is 10.1. The Morgan fingerprint density at radius 2 is 1.96 bits per heavy atom. The van der Waals surface area contributed by atoms with E-state index < -0.39 is 5.97 Å². The molecule has 0 saturated heterocycles. The first kappa shape index (κ1) is 16.8. The number of carbonyl (C=O) groups is 1. The first-order chi connectivity index (χ1) is 12.1. The second-order valence-electron chi connectivity index (χ2n) is 5.61. The van der Waals surface area contributed by atoms with Crippen LogP contribution in [0.1, 0.15) is 23.0 Å². The second-order valence-corrected chi connectivity index (χ2v) is 5.61. The minimum absolute atomic E-state index is 0.268. The Balaban J connectivity index is 2.13. The minimum atomic E-state index is -0.463. The number of fused-ring (bicyclic) bond motifs is 1. The van der Waals surface area contributed by atoms with Crippen LogP contribution < -0.4 is 10.1 Å². The van der Waals surface area contributed by atoms with Crippen LogP contribution in [0, 0.1) is 0 Å². The summed E-state index contributed by atoms with van der Waals surface area (Å²) in [6.45, 7) is 2.10. The van der Waals surface area contributed by atoms with E-state index in [4.69, 9.17) is 9.47 Å². The summed E-state index contributed by atoms with van der Waals surface area (Å²) in [5, 5.41) is 4.32. The van der Waals surface area contributed by atoms with Crippen molar-refractivity contribution < 1.29 is 14.3 Å². The molecule has 0 bridgehead atoms. The first-order valence-electron chi connectivity index (χ1n) is 8.07. The molecular formula is C20H20N2O3. The van der Waals surface area contributed by atoms with E-state index >= 15 is 0 Å². The summed E-state index contributed by atoms with van der Waals surface area (Å²) in [6.07, 6.45) is 0.924. The number of hydrogen-bond donors (Lipinski definition) is 1. The highest BCUT2D eigenvalue weighted by Gasteiger charge is 2.13.